The Kier molecular flexibility index (Phi) is 5.19. The molecule has 0 radical (unpaired) electrons. The van der Waals surface area contributed by atoms with Crippen LogP contribution in [0.5, 0.6) is 0 Å². The SMILES string of the molecule is CN(C)CCN(C)S(=O)(=O)c1cc(CNC2CC2)cs1. The Hall–Kier alpha value is -0.470. The smallest absolute Gasteiger partial charge is 0.252 e. The van der Waals surface area contributed by atoms with Crippen molar-refractivity contribution in [3.63, 3.8) is 0 Å². The highest BCUT2D eigenvalue weighted by atomic mass is 32.2. The summed E-state index contributed by atoms with van der Waals surface area (Å²) in [6.07, 6.45) is 2.48. The predicted molar refractivity (Wildman–Crippen MR) is 82.6 cm³/mol. The Bertz CT molecular complexity index is 536. The van der Waals surface area contributed by atoms with Gasteiger partial charge in [-0.25, -0.2) is 8.42 Å². The summed E-state index contributed by atoms with van der Waals surface area (Å²) >= 11 is 1.31. The minimum absolute atomic E-state index is 0.436. The fourth-order valence-corrected chi connectivity index (χ4v) is 4.33. The highest BCUT2D eigenvalue weighted by Gasteiger charge is 2.24. The molecule has 2 rings (SSSR count). The van der Waals surface area contributed by atoms with Crippen molar-refractivity contribution in [2.24, 2.45) is 0 Å². The fraction of sp³-hybridized carbons (Fsp3) is 0.692. The van der Waals surface area contributed by atoms with Gasteiger partial charge < -0.3 is 10.2 Å². The highest BCUT2D eigenvalue weighted by Crippen LogP contribution is 2.24. The van der Waals surface area contributed by atoms with Crippen molar-refractivity contribution in [3.05, 3.63) is 17.0 Å². The molecule has 0 amide bonds. The van der Waals surface area contributed by atoms with E-state index in [1.807, 2.05) is 24.4 Å². The third kappa shape index (κ3) is 4.26. The van der Waals surface area contributed by atoms with Gasteiger partial charge in [0.1, 0.15) is 4.21 Å². The van der Waals surface area contributed by atoms with Gasteiger partial charge in [-0.1, -0.05) is 0 Å². The molecule has 1 aromatic rings. The normalized spacial score (nSPS) is 16.2. The second-order valence-corrected chi connectivity index (χ2v) is 8.74. The van der Waals surface area contributed by atoms with Crippen LogP contribution in [0.1, 0.15) is 18.4 Å². The molecule has 114 valence electrons. The van der Waals surface area contributed by atoms with Crippen LogP contribution in [0.25, 0.3) is 0 Å². The molecule has 1 aromatic heterocycles. The molecule has 1 fully saturated rings. The van der Waals surface area contributed by atoms with Gasteiger partial charge in [-0.15, -0.1) is 11.3 Å². The lowest BCUT2D eigenvalue weighted by molar-refractivity contribution is 0.359. The Labute approximate surface area is 125 Å². The standard InChI is InChI=1S/C13H23N3O2S2/c1-15(2)6-7-16(3)20(17,18)13-8-11(10-19-13)9-14-12-4-5-12/h8,10,12,14H,4-7,9H2,1-3H3. The van der Waals surface area contributed by atoms with Gasteiger partial charge in [0, 0.05) is 32.7 Å². The van der Waals surface area contributed by atoms with Gasteiger partial charge >= 0.3 is 0 Å². The van der Waals surface area contributed by atoms with Crippen molar-refractivity contribution < 1.29 is 8.42 Å². The van der Waals surface area contributed by atoms with Crippen LogP contribution >= 0.6 is 11.3 Å². The number of hydrogen-bond donors (Lipinski definition) is 1. The molecule has 1 aliphatic rings. The molecule has 0 saturated heterocycles. The summed E-state index contributed by atoms with van der Waals surface area (Å²) in [5.41, 5.74) is 1.06. The van der Waals surface area contributed by atoms with E-state index < -0.39 is 10.0 Å². The molecule has 0 spiro atoms. The van der Waals surface area contributed by atoms with Crippen molar-refractivity contribution in [2.45, 2.75) is 29.6 Å². The highest BCUT2D eigenvalue weighted by molar-refractivity contribution is 7.91. The second kappa shape index (κ2) is 6.53. The zero-order chi connectivity index (χ0) is 14.8. The van der Waals surface area contributed by atoms with E-state index in [1.165, 1.54) is 28.5 Å². The quantitative estimate of drug-likeness (QED) is 0.782. The first kappa shape index (κ1) is 15.9. The molecular weight excluding hydrogens is 294 g/mol. The molecule has 1 N–H and O–H groups in total. The molecular formula is C13H23N3O2S2. The van der Waals surface area contributed by atoms with E-state index in [4.69, 9.17) is 0 Å². The number of nitrogens with zero attached hydrogens (tertiary/aromatic N) is 2. The number of thiophene rings is 1. The summed E-state index contributed by atoms with van der Waals surface area (Å²) in [4.78, 5) is 1.98. The Morgan fingerprint density at radius 1 is 1.30 bits per heavy atom. The monoisotopic (exact) mass is 317 g/mol. The Balaban J connectivity index is 1.96. The lowest BCUT2D eigenvalue weighted by Gasteiger charge is -2.18. The number of hydrogen-bond acceptors (Lipinski definition) is 5. The van der Waals surface area contributed by atoms with E-state index >= 15 is 0 Å². The van der Waals surface area contributed by atoms with Gasteiger partial charge in [-0.05, 0) is 43.9 Å². The summed E-state index contributed by atoms with van der Waals surface area (Å²) in [7, 11) is 2.18. The van der Waals surface area contributed by atoms with Crippen LogP contribution in [-0.4, -0.2) is 57.9 Å². The minimum Gasteiger partial charge on any atom is -0.310 e. The fourth-order valence-electron chi connectivity index (χ4n) is 1.75. The molecule has 0 aliphatic heterocycles. The first-order valence-corrected chi connectivity index (χ1v) is 9.13. The summed E-state index contributed by atoms with van der Waals surface area (Å²) in [5, 5.41) is 5.33. The molecule has 1 heterocycles. The van der Waals surface area contributed by atoms with E-state index in [-0.39, 0.29) is 0 Å². The Morgan fingerprint density at radius 3 is 2.60 bits per heavy atom. The van der Waals surface area contributed by atoms with E-state index in [2.05, 4.69) is 5.32 Å². The Morgan fingerprint density at radius 2 is 2.00 bits per heavy atom. The van der Waals surface area contributed by atoms with Crippen molar-refractivity contribution in [3.8, 4) is 0 Å². The molecule has 0 bridgehead atoms. The zero-order valence-corrected chi connectivity index (χ0v) is 13.9. The molecule has 0 atom stereocenters. The van der Waals surface area contributed by atoms with Crippen LogP contribution in [-0.2, 0) is 16.6 Å². The van der Waals surface area contributed by atoms with Gasteiger partial charge in [0.15, 0.2) is 0 Å². The maximum Gasteiger partial charge on any atom is 0.252 e. The average Bonchev–Trinajstić information content (AvgIpc) is 3.09. The van der Waals surface area contributed by atoms with Crippen molar-refractivity contribution >= 4 is 21.4 Å². The number of rotatable bonds is 8. The summed E-state index contributed by atoms with van der Waals surface area (Å²) in [5.74, 6) is 0. The van der Waals surface area contributed by atoms with Crippen LogP contribution in [0.3, 0.4) is 0 Å². The molecule has 0 unspecified atom stereocenters. The van der Waals surface area contributed by atoms with Crippen LogP contribution in [0.2, 0.25) is 0 Å². The van der Waals surface area contributed by atoms with Crippen molar-refractivity contribution in [1.82, 2.24) is 14.5 Å². The van der Waals surface area contributed by atoms with Crippen LogP contribution in [0.4, 0.5) is 0 Å². The molecule has 1 saturated carbocycles. The second-order valence-electron chi connectivity index (χ2n) is 5.56. The number of likely N-dealkylation sites (N-methyl/N-ethyl adjacent to an activating group) is 2. The van der Waals surface area contributed by atoms with Crippen LogP contribution in [0, 0.1) is 0 Å². The zero-order valence-electron chi connectivity index (χ0n) is 12.3. The third-order valence-corrected chi connectivity index (χ3v) is 6.65. The largest absolute Gasteiger partial charge is 0.310 e. The summed E-state index contributed by atoms with van der Waals surface area (Å²) in [6.45, 7) is 1.98. The van der Waals surface area contributed by atoms with E-state index in [0.29, 0.717) is 16.8 Å². The number of nitrogens with one attached hydrogen (secondary N) is 1. The van der Waals surface area contributed by atoms with Crippen LogP contribution < -0.4 is 5.32 Å². The van der Waals surface area contributed by atoms with Crippen LogP contribution in [0.15, 0.2) is 15.7 Å². The van der Waals surface area contributed by atoms with Gasteiger partial charge in [0.25, 0.3) is 10.0 Å². The van der Waals surface area contributed by atoms with E-state index in [0.717, 1.165) is 18.7 Å². The topological polar surface area (TPSA) is 52.7 Å². The van der Waals surface area contributed by atoms with Crippen molar-refractivity contribution in [2.75, 3.05) is 34.2 Å². The molecule has 0 aromatic carbocycles. The maximum absolute atomic E-state index is 12.4. The van der Waals surface area contributed by atoms with E-state index in [1.54, 1.807) is 13.1 Å². The summed E-state index contributed by atoms with van der Waals surface area (Å²) in [6, 6.07) is 2.43. The molecule has 7 heteroatoms. The predicted octanol–water partition coefficient (Wildman–Crippen LogP) is 1.18. The third-order valence-electron chi connectivity index (χ3n) is 3.33. The molecule has 5 nitrogen and oxygen atoms in total. The van der Waals surface area contributed by atoms with E-state index in [9.17, 15) is 8.42 Å². The van der Waals surface area contributed by atoms with Gasteiger partial charge in [0.2, 0.25) is 0 Å². The maximum atomic E-state index is 12.4. The first-order valence-electron chi connectivity index (χ1n) is 6.81. The lowest BCUT2D eigenvalue weighted by atomic mass is 10.3. The summed E-state index contributed by atoms with van der Waals surface area (Å²) < 4.78 is 26.7. The number of sulfonamides is 1. The minimum atomic E-state index is -3.34. The van der Waals surface area contributed by atoms with Gasteiger partial charge in [-0.2, -0.15) is 4.31 Å². The van der Waals surface area contributed by atoms with Gasteiger partial charge in [-0.3, -0.25) is 0 Å². The average molecular weight is 317 g/mol. The lowest BCUT2D eigenvalue weighted by Crippen LogP contribution is -2.33. The molecule has 20 heavy (non-hydrogen) atoms. The molecule has 1 aliphatic carbocycles. The van der Waals surface area contributed by atoms with Crippen molar-refractivity contribution in [1.29, 1.82) is 0 Å². The first-order chi connectivity index (χ1) is 9.39. The van der Waals surface area contributed by atoms with Gasteiger partial charge in [0.05, 0.1) is 0 Å².